The highest BCUT2D eigenvalue weighted by Gasteiger charge is 2.28. The monoisotopic (exact) mass is 140 g/mol. The van der Waals surface area contributed by atoms with Crippen LogP contribution >= 0.6 is 0 Å². The zero-order valence-corrected chi connectivity index (χ0v) is 6.18. The molecule has 0 saturated heterocycles. The third-order valence-corrected chi connectivity index (χ3v) is 1.99. The average molecular weight is 140 g/mol. The molecule has 0 spiro atoms. The molecule has 0 aliphatic heterocycles. The van der Waals surface area contributed by atoms with Crippen molar-refractivity contribution in [2.45, 2.75) is 37.9 Å². The SMILES string of the molecule is [B]COC1(O)CCCCC1. The summed E-state index contributed by atoms with van der Waals surface area (Å²) in [4.78, 5) is 0. The Morgan fingerprint density at radius 1 is 1.30 bits per heavy atom. The van der Waals surface area contributed by atoms with Crippen molar-refractivity contribution in [1.29, 1.82) is 0 Å². The first-order chi connectivity index (χ1) is 4.77. The zero-order chi connectivity index (χ0) is 7.45. The Hall–Kier alpha value is -0.0151. The van der Waals surface area contributed by atoms with Gasteiger partial charge in [0.25, 0.3) is 0 Å². The Morgan fingerprint density at radius 2 is 1.90 bits per heavy atom. The zero-order valence-electron chi connectivity index (χ0n) is 6.18. The molecular weight excluding hydrogens is 127 g/mol. The van der Waals surface area contributed by atoms with E-state index in [0.717, 1.165) is 25.7 Å². The second kappa shape index (κ2) is 3.40. The molecule has 0 bridgehead atoms. The number of rotatable bonds is 2. The second-order valence-electron chi connectivity index (χ2n) is 2.82. The Balaban J connectivity index is 2.32. The van der Waals surface area contributed by atoms with Crippen LogP contribution in [0.3, 0.4) is 0 Å². The molecule has 2 radical (unpaired) electrons. The van der Waals surface area contributed by atoms with Crippen molar-refractivity contribution in [3.63, 3.8) is 0 Å². The lowest BCUT2D eigenvalue weighted by Gasteiger charge is -2.31. The van der Waals surface area contributed by atoms with Gasteiger partial charge >= 0.3 is 0 Å². The molecule has 2 nitrogen and oxygen atoms in total. The van der Waals surface area contributed by atoms with Crippen LogP contribution in [-0.2, 0) is 4.74 Å². The number of ether oxygens (including phenoxy) is 1. The Bertz CT molecular complexity index is 94.3. The molecule has 56 valence electrons. The summed E-state index contributed by atoms with van der Waals surface area (Å²) in [6.45, 7) is 0.122. The maximum atomic E-state index is 9.57. The summed E-state index contributed by atoms with van der Waals surface area (Å²) < 4.78 is 5.00. The minimum atomic E-state index is -0.896. The van der Waals surface area contributed by atoms with Crippen LogP contribution < -0.4 is 0 Å². The van der Waals surface area contributed by atoms with E-state index in [1.54, 1.807) is 0 Å². The van der Waals surface area contributed by atoms with E-state index in [0.29, 0.717) is 0 Å². The molecule has 1 aliphatic rings. The van der Waals surface area contributed by atoms with E-state index in [1.165, 1.54) is 6.42 Å². The first kappa shape index (κ1) is 8.09. The molecule has 0 heterocycles. The molecule has 3 heteroatoms. The molecule has 0 amide bonds. The van der Waals surface area contributed by atoms with Gasteiger partial charge in [0.2, 0.25) is 0 Å². The molecule has 1 N–H and O–H groups in total. The first-order valence-electron chi connectivity index (χ1n) is 3.83. The van der Waals surface area contributed by atoms with Crippen LogP contribution in [-0.4, -0.2) is 25.2 Å². The maximum absolute atomic E-state index is 9.57. The molecule has 1 saturated carbocycles. The lowest BCUT2D eigenvalue weighted by Crippen LogP contribution is -2.34. The summed E-state index contributed by atoms with van der Waals surface area (Å²) in [5.41, 5.74) is 0. The minimum absolute atomic E-state index is 0.122. The van der Waals surface area contributed by atoms with Crippen molar-refractivity contribution in [2.24, 2.45) is 0 Å². The number of aliphatic hydroxyl groups is 1. The minimum Gasteiger partial charge on any atom is -0.365 e. The normalized spacial score (nSPS) is 24.5. The van der Waals surface area contributed by atoms with Gasteiger partial charge in [0.15, 0.2) is 5.79 Å². The molecule has 0 aromatic rings. The van der Waals surface area contributed by atoms with Crippen LogP contribution in [0, 0.1) is 0 Å². The summed E-state index contributed by atoms with van der Waals surface area (Å²) in [7, 11) is 5.16. The predicted molar refractivity (Wildman–Crippen MR) is 39.7 cm³/mol. The summed E-state index contributed by atoms with van der Waals surface area (Å²) in [5.74, 6) is -0.896. The van der Waals surface area contributed by atoms with Gasteiger partial charge in [-0.15, -0.1) is 0 Å². The molecule has 10 heavy (non-hydrogen) atoms. The van der Waals surface area contributed by atoms with E-state index < -0.39 is 5.79 Å². The van der Waals surface area contributed by atoms with Crippen molar-refractivity contribution in [1.82, 2.24) is 0 Å². The van der Waals surface area contributed by atoms with Gasteiger partial charge in [-0.3, -0.25) is 0 Å². The van der Waals surface area contributed by atoms with E-state index in [-0.39, 0.29) is 6.51 Å². The molecule has 1 rings (SSSR count). The molecule has 0 atom stereocenters. The van der Waals surface area contributed by atoms with Gasteiger partial charge in [-0.25, -0.2) is 0 Å². The summed E-state index contributed by atoms with van der Waals surface area (Å²) >= 11 is 0. The van der Waals surface area contributed by atoms with Gasteiger partial charge in [0.05, 0.1) is 0 Å². The van der Waals surface area contributed by atoms with Crippen LogP contribution in [0.5, 0.6) is 0 Å². The predicted octanol–water partition coefficient (Wildman–Crippen LogP) is 0.782. The quantitative estimate of drug-likeness (QED) is 0.453. The standard InChI is InChI=1S/C7H13BO2/c8-6-10-7(9)4-2-1-3-5-7/h9H,1-6H2. The fourth-order valence-corrected chi connectivity index (χ4v) is 1.40. The highest BCUT2D eigenvalue weighted by molar-refractivity contribution is 6.08. The van der Waals surface area contributed by atoms with Crippen LogP contribution in [0.2, 0.25) is 0 Å². The van der Waals surface area contributed by atoms with Crippen molar-refractivity contribution in [3.05, 3.63) is 0 Å². The largest absolute Gasteiger partial charge is 0.365 e. The van der Waals surface area contributed by atoms with Crippen molar-refractivity contribution in [2.75, 3.05) is 6.51 Å². The number of hydrogen-bond acceptors (Lipinski definition) is 2. The third kappa shape index (κ3) is 1.99. The molecular formula is C7H13BO2. The lowest BCUT2D eigenvalue weighted by atomic mass is 9.94. The molecule has 1 aliphatic carbocycles. The van der Waals surface area contributed by atoms with Crippen molar-refractivity contribution < 1.29 is 9.84 Å². The molecule has 0 unspecified atom stereocenters. The fraction of sp³-hybridized carbons (Fsp3) is 1.00. The van der Waals surface area contributed by atoms with E-state index in [1.807, 2.05) is 0 Å². The highest BCUT2D eigenvalue weighted by atomic mass is 16.6. The molecule has 1 fully saturated rings. The third-order valence-electron chi connectivity index (χ3n) is 1.99. The van der Waals surface area contributed by atoms with E-state index in [4.69, 9.17) is 12.6 Å². The Kier molecular flexibility index (Phi) is 2.75. The average Bonchev–Trinajstić information content (AvgIpc) is 1.89. The van der Waals surface area contributed by atoms with Crippen LogP contribution in [0.25, 0.3) is 0 Å². The molecule has 0 aromatic heterocycles. The van der Waals surface area contributed by atoms with Gasteiger partial charge < -0.3 is 9.84 Å². The summed E-state index contributed by atoms with van der Waals surface area (Å²) in [5, 5.41) is 9.57. The topological polar surface area (TPSA) is 29.5 Å². The van der Waals surface area contributed by atoms with Crippen LogP contribution in [0.4, 0.5) is 0 Å². The Labute approximate surface area is 63.0 Å². The van der Waals surface area contributed by atoms with E-state index >= 15 is 0 Å². The number of hydrogen-bond donors (Lipinski definition) is 1. The summed E-state index contributed by atoms with van der Waals surface area (Å²) in [6, 6.07) is 0. The van der Waals surface area contributed by atoms with E-state index in [2.05, 4.69) is 0 Å². The Morgan fingerprint density at radius 3 is 2.40 bits per heavy atom. The van der Waals surface area contributed by atoms with Gasteiger partial charge in [-0.05, 0) is 12.8 Å². The smallest absolute Gasteiger partial charge is 0.164 e. The van der Waals surface area contributed by atoms with Crippen LogP contribution in [0.1, 0.15) is 32.1 Å². The second-order valence-corrected chi connectivity index (χ2v) is 2.82. The lowest BCUT2D eigenvalue weighted by molar-refractivity contribution is -0.208. The van der Waals surface area contributed by atoms with Crippen molar-refractivity contribution >= 4 is 7.85 Å². The molecule has 0 aromatic carbocycles. The fourth-order valence-electron chi connectivity index (χ4n) is 1.40. The van der Waals surface area contributed by atoms with Gasteiger partial charge in [0, 0.05) is 19.3 Å². The van der Waals surface area contributed by atoms with Gasteiger partial charge in [0.1, 0.15) is 7.85 Å². The maximum Gasteiger partial charge on any atom is 0.164 e. The van der Waals surface area contributed by atoms with Gasteiger partial charge in [-0.2, -0.15) is 0 Å². The summed E-state index contributed by atoms with van der Waals surface area (Å²) in [6.07, 6.45) is 4.79. The van der Waals surface area contributed by atoms with Gasteiger partial charge in [-0.1, -0.05) is 6.42 Å². The highest BCUT2D eigenvalue weighted by Crippen LogP contribution is 2.28. The van der Waals surface area contributed by atoms with Crippen molar-refractivity contribution in [3.8, 4) is 0 Å². The van der Waals surface area contributed by atoms with Crippen LogP contribution in [0.15, 0.2) is 0 Å². The first-order valence-corrected chi connectivity index (χ1v) is 3.83. The van der Waals surface area contributed by atoms with E-state index in [9.17, 15) is 5.11 Å².